The van der Waals surface area contributed by atoms with Crippen LogP contribution in [0.3, 0.4) is 0 Å². The number of aryl methyl sites for hydroxylation is 1. The zero-order valence-corrected chi connectivity index (χ0v) is 14.8. The number of pyridine rings is 1. The molecule has 0 atom stereocenters. The van der Waals surface area contributed by atoms with Crippen LogP contribution in [-0.2, 0) is 0 Å². The number of halogens is 4. The van der Waals surface area contributed by atoms with E-state index in [-0.39, 0.29) is 27.9 Å². The van der Waals surface area contributed by atoms with Gasteiger partial charge in [0.2, 0.25) is 0 Å². The lowest BCUT2D eigenvalue weighted by Gasteiger charge is -2.18. The van der Waals surface area contributed by atoms with Crippen molar-refractivity contribution < 1.29 is 22.0 Å². The van der Waals surface area contributed by atoms with Gasteiger partial charge in [0.1, 0.15) is 22.8 Å². The first kappa shape index (κ1) is 17.4. The van der Waals surface area contributed by atoms with Crippen molar-refractivity contribution in [3.8, 4) is 11.5 Å². The van der Waals surface area contributed by atoms with Gasteiger partial charge in [-0.1, -0.05) is 6.07 Å². The lowest BCUT2D eigenvalue weighted by atomic mass is 10.2. The summed E-state index contributed by atoms with van der Waals surface area (Å²) in [6, 6.07) is 7.91. The van der Waals surface area contributed by atoms with Crippen LogP contribution in [-0.4, -0.2) is 13.4 Å². The average Bonchev–Trinajstić information content (AvgIpc) is 2.51. The Labute approximate surface area is 143 Å². The molecule has 0 bridgehead atoms. The van der Waals surface area contributed by atoms with Gasteiger partial charge in [-0.15, -0.1) is 0 Å². The summed E-state index contributed by atoms with van der Waals surface area (Å²) in [5, 5.41) is 0.244. The first-order valence-corrected chi connectivity index (χ1v) is 10.5. The van der Waals surface area contributed by atoms with Gasteiger partial charge in [0, 0.05) is 5.39 Å². The van der Waals surface area contributed by atoms with E-state index in [0.717, 1.165) is 6.07 Å². The molecule has 0 aliphatic carbocycles. The van der Waals surface area contributed by atoms with Gasteiger partial charge >= 0.3 is 0 Å². The summed E-state index contributed by atoms with van der Waals surface area (Å²) < 4.78 is 61.5. The van der Waals surface area contributed by atoms with Crippen LogP contribution in [0, 0.1) is 24.4 Å². The molecule has 2 aromatic carbocycles. The van der Waals surface area contributed by atoms with E-state index in [1.807, 2.05) is 0 Å². The second-order valence-corrected chi connectivity index (χ2v) is 9.64. The second kappa shape index (κ2) is 6.14. The molecule has 0 amide bonds. The van der Waals surface area contributed by atoms with Gasteiger partial charge in [-0.25, -0.2) is 18.2 Å². The van der Waals surface area contributed by atoms with Crippen molar-refractivity contribution >= 4 is 24.5 Å². The van der Waals surface area contributed by atoms with Gasteiger partial charge < -0.3 is 8.84 Å². The molecule has 1 aromatic heterocycles. The molecule has 0 saturated carbocycles. The van der Waals surface area contributed by atoms with E-state index in [4.69, 9.17) is 4.74 Å². The average molecular weight is 365 g/mol. The SMILES string of the molecule is Cc1nc2c(F)c(F)ccc2cc1Oc1cccc(F)c1[Si](C)(C)F. The largest absolute Gasteiger partial charge is 0.455 e. The standard InChI is InChI=1S/C18H15F4NOSi/c1-10-15(9-11-7-8-12(19)16(21)17(11)23-10)24-14-6-4-5-13(20)18(14)25(2,3)22/h4-9H,1-3H3. The minimum atomic E-state index is -3.49. The number of ether oxygens (including phenoxy) is 1. The van der Waals surface area contributed by atoms with Crippen LogP contribution < -0.4 is 9.92 Å². The fourth-order valence-electron chi connectivity index (χ4n) is 2.64. The molecule has 0 unspecified atom stereocenters. The Hall–Kier alpha value is -2.41. The molecule has 25 heavy (non-hydrogen) atoms. The van der Waals surface area contributed by atoms with Crippen LogP contribution in [0.4, 0.5) is 17.3 Å². The second-order valence-electron chi connectivity index (χ2n) is 6.19. The minimum absolute atomic E-state index is 0.0611. The molecule has 0 spiro atoms. The van der Waals surface area contributed by atoms with Crippen LogP contribution >= 0.6 is 0 Å². The maximum atomic E-state index is 14.5. The molecule has 0 aliphatic rings. The number of hydrogen-bond donors (Lipinski definition) is 0. The molecule has 1 heterocycles. The number of benzene rings is 2. The third-order valence-electron chi connectivity index (χ3n) is 3.81. The summed E-state index contributed by atoms with van der Waals surface area (Å²) in [7, 11) is -3.49. The van der Waals surface area contributed by atoms with Crippen molar-refractivity contribution in [2.45, 2.75) is 20.0 Å². The molecule has 2 nitrogen and oxygen atoms in total. The van der Waals surface area contributed by atoms with Gasteiger partial charge in [0.05, 0.1) is 10.9 Å². The van der Waals surface area contributed by atoms with Crippen LogP contribution in [0.15, 0.2) is 36.4 Å². The highest BCUT2D eigenvalue weighted by Crippen LogP contribution is 2.30. The summed E-state index contributed by atoms with van der Waals surface area (Å²) in [5.41, 5.74) is 0.162. The molecule has 130 valence electrons. The van der Waals surface area contributed by atoms with E-state index >= 15 is 0 Å². The predicted molar refractivity (Wildman–Crippen MR) is 91.1 cm³/mol. The summed E-state index contributed by atoms with van der Waals surface area (Å²) >= 11 is 0. The van der Waals surface area contributed by atoms with E-state index in [9.17, 15) is 17.3 Å². The fourth-order valence-corrected chi connectivity index (χ4v) is 4.01. The highest BCUT2D eigenvalue weighted by atomic mass is 28.4. The van der Waals surface area contributed by atoms with E-state index in [0.29, 0.717) is 5.39 Å². The molecule has 3 aromatic rings. The topological polar surface area (TPSA) is 22.1 Å². The van der Waals surface area contributed by atoms with Crippen molar-refractivity contribution in [2.24, 2.45) is 0 Å². The summed E-state index contributed by atoms with van der Waals surface area (Å²) in [5.74, 6) is -2.42. The van der Waals surface area contributed by atoms with E-state index < -0.39 is 25.9 Å². The van der Waals surface area contributed by atoms with Gasteiger partial charge in [-0.3, -0.25) is 0 Å². The Morgan fingerprint density at radius 2 is 1.68 bits per heavy atom. The third-order valence-corrected chi connectivity index (χ3v) is 5.49. The lowest BCUT2D eigenvalue weighted by molar-refractivity contribution is 0.474. The Morgan fingerprint density at radius 3 is 2.36 bits per heavy atom. The van der Waals surface area contributed by atoms with Gasteiger partial charge in [0.15, 0.2) is 11.6 Å². The Bertz CT molecular complexity index is 969. The summed E-state index contributed by atoms with van der Waals surface area (Å²) in [4.78, 5) is 4.03. The third kappa shape index (κ3) is 3.24. The highest BCUT2D eigenvalue weighted by molar-refractivity contribution is 6.84. The summed E-state index contributed by atoms with van der Waals surface area (Å²) in [6.45, 7) is 4.28. The van der Waals surface area contributed by atoms with Crippen molar-refractivity contribution in [3.63, 3.8) is 0 Å². The minimum Gasteiger partial charge on any atom is -0.455 e. The highest BCUT2D eigenvalue weighted by Gasteiger charge is 2.31. The number of nitrogens with zero attached hydrogens (tertiary/aromatic N) is 1. The first-order chi connectivity index (χ1) is 11.7. The zero-order valence-electron chi connectivity index (χ0n) is 13.8. The van der Waals surface area contributed by atoms with E-state index in [1.165, 1.54) is 43.4 Å². The summed E-state index contributed by atoms with van der Waals surface area (Å²) in [6.07, 6.45) is 0. The number of aromatic nitrogens is 1. The molecule has 7 heteroatoms. The Morgan fingerprint density at radius 1 is 0.960 bits per heavy atom. The molecule has 0 aliphatic heterocycles. The van der Waals surface area contributed by atoms with Gasteiger partial charge in [-0.2, -0.15) is 0 Å². The maximum absolute atomic E-state index is 14.5. The molecule has 0 N–H and O–H groups in total. The molecular weight excluding hydrogens is 350 g/mol. The molecular formula is C18H15F4NOSi. The quantitative estimate of drug-likeness (QED) is 0.364. The molecule has 0 saturated heterocycles. The maximum Gasteiger partial charge on any atom is 0.278 e. The van der Waals surface area contributed by atoms with Gasteiger partial charge in [-0.05, 0) is 50.3 Å². The Balaban J connectivity index is 2.12. The van der Waals surface area contributed by atoms with Crippen molar-refractivity contribution in [1.82, 2.24) is 4.98 Å². The van der Waals surface area contributed by atoms with Crippen LogP contribution in [0.2, 0.25) is 13.1 Å². The number of hydrogen-bond acceptors (Lipinski definition) is 2. The smallest absolute Gasteiger partial charge is 0.278 e. The van der Waals surface area contributed by atoms with Crippen molar-refractivity contribution in [2.75, 3.05) is 0 Å². The molecule has 0 fully saturated rings. The first-order valence-electron chi connectivity index (χ1n) is 7.59. The number of fused-ring (bicyclic) bond motifs is 1. The fraction of sp³-hybridized carbons (Fsp3) is 0.167. The predicted octanol–water partition coefficient (Wildman–Crippen LogP) is 5.13. The monoisotopic (exact) mass is 365 g/mol. The van der Waals surface area contributed by atoms with Gasteiger partial charge in [0.25, 0.3) is 8.41 Å². The van der Waals surface area contributed by atoms with Crippen molar-refractivity contribution in [1.29, 1.82) is 0 Å². The van der Waals surface area contributed by atoms with Crippen molar-refractivity contribution in [3.05, 3.63) is 59.5 Å². The van der Waals surface area contributed by atoms with Crippen LogP contribution in [0.25, 0.3) is 10.9 Å². The normalized spacial score (nSPS) is 11.8. The Kier molecular flexibility index (Phi) is 4.28. The van der Waals surface area contributed by atoms with Crippen LogP contribution in [0.1, 0.15) is 5.69 Å². The number of rotatable bonds is 3. The van der Waals surface area contributed by atoms with E-state index in [1.54, 1.807) is 6.92 Å². The molecule has 3 rings (SSSR count). The van der Waals surface area contributed by atoms with Crippen LogP contribution in [0.5, 0.6) is 11.5 Å². The van der Waals surface area contributed by atoms with E-state index in [2.05, 4.69) is 4.98 Å². The zero-order chi connectivity index (χ0) is 18.4. The molecule has 0 radical (unpaired) electrons. The lowest BCUT2D eigenvalue weighted by Crippen LogP contribution is -2.39.